The topological polar surface area (TPSA) is 81.7 Å². The molecule has 0 unspecified atom stereocenters. The molecular weight excluding hydrogens is 382 g/mol. The molecule has 30 heavy (non-hydrogen) atoms. The maximum absolute atomic E-state index is 12.4. The summed E-state index contributed by atoms with van der Waals surface area (Å²) in [6.07, 6.45) is -0.0780. The van der Waals surface area contributed by atoms with Crippen LogP contribution in [0.1, 0.15) is 37.8 Å². The molecule has 6 heteroatoms. The monoisotopic (exact) mass is 401 g/mol. The number of ether oxygens (including phenoxy) is 2. The van der Waals surface area contributed by atoms with E-state index < -0.39 is 12.1 Å². The highest BCUT2D eigenvalue weighted by Crippen LogP contribution is 2.44. The summed E-state index contributed by atoms with van der Waals surface area (Å²) < 4.78 is 10.2. The number of carbonyl (C=O) groups is 3. The average Bonchev–Trinajstić information content (AvgIpc) is 3.10. The second-order valence-corrected chi connectivity index (χ2v) is 6.90. The summed E-state index contributed by atoms with van der Waals surface area (Å²) >= 11 is 0. The van der Waals surface area contributed by atoms with Crippen molar-refractivity contribution in [3.05, 3.63) is 89.0 Å². The second kappa shape index (κ2) is 8.21. The van der Waals surface area contributed by atoms with Crippen molar-refractivity contribution in [3.8, 4) is 11.1 Å². The summed E-state index contributed by atoms with van der Waals surface area (Å²) in [5, 5.41) is 2.58. The van der Waals surface area contributed by atoms with E-state index in [4.69, 9.17) is 4.74 Å². The minimum absolute atomic E-state index is 0.0601. The summed E-state index contributed by atoms with van der Waals surface area (Å²) in [6, 6.07) is 20.4. The SMILES string of the molecule is COC(=O)c1cc(C=O)cc(NC(=O)OCC2c3ccccc3-c3ccccc32)c1. The van der Waals surface area contributed by atoms with E-state index in [2.05, 4.69) is 22.2 Å². The fourth-order valence-electron chi connectivity index (χ4n) is 3.78. The van der Waals surface area contributed by atoms with Crippen molar-refractivity contribution < 1.29 is 23.9 Å². The number of methoxy groups -OCH3 is 1. The van der Waals surface area contributed by atoms with E-state index in [1.807, 2.05) is 36.4 Å². The molecule has 0 aromatic heterocycles. The van der Waals surface area contributed by atoms with Crippen LogP contribution in [0.4, 0.5) is 10.5 Å². The van der Waals surface area contributed by atoms with Crippen molar-refractivity contribution in [1.29, 1.82) is 0 Å². The Balaban J connectivity index is 1.50. The number of amides is 1. The van der Waals surface area contributed by atoms with E-state index in [9.17, 15) is 14.4 Å². The Labute approximate surface area is 173 Å². The third kappa shape index (κ3) is 3.67. The van der Waals surface area contributed by atoms with Gasteiger partial charge in [-0.3, -0.25) is 10.1 Å². The Morgan fingerprint density at radius 2 is 1.60 bits per heavy atom. The Morgan fingerprint density at radius 3 is 2.20 bits per heavy atom. The first-order valence-corrected chi connectivity index (χ1v) is 9.41. The van der Waals surface area contributed by atoms with Crippen molar-refractivity contribution in [1.82, 2.24) is 0 Å². The number of nitrogens with one attached hydrogen (secondary N) is 1. The number of anilines is 1. The quantitative estimate of drug-likeness (QED) is 0.497. The highest BCUT2D eigenvalue weighted by atomic mass is 16.5. The van der Waals surface area contributed by atoms with Crippen LogP contribution in [-0.4, -0.2) is 32.1 Å². The smallest absolute Gasteiger partial charge is 0.411 e. The molecule has 3 aromatic rings. The number of benzene rings is 3. The highest BCUT2D eigenvalue weighted by molar-refractivity contribution is 5.95. The Kier molecular flexibility index (Phi) is 5.30. The van der Waals surface area contributed by atoms with Gasteiger partial charge in [0.15, 0.2) is 0 Å². The van der Waals surface area contributed by atoms with Gasteiger partial charge in [-0.1, -0.05) is 48.5 Å². The van der Waals surface area contributed by atoms with Gasteiger partial charge in [-0.25, -0.2) is 9.59 Å². The average molecular weight is 401 g/mol. The number of rotatable bonds is 5. The van der Waals surface area contributed by atoms with Gasteiger partial charge in [-0.05, 0) is 40.5 Å². The third-order valence-corrected chi connectivity index (χ3v) is 5.10. The molecule has 0 saturated carbocycles. The standard InChI is InChI=1S/C24H19NO5/c1-29-23(27)16-10-15(13-26)11-17(12-16)25-24(28)30-14-22-20-8-4-2-6-18(20)19-7-3-5-9-21(19)22/h2-13,22H,14H2,1H3,(H,25,28). The third-order valence-electron chi connectivity index (χ3n) is 5.10. The molecule has 0 spiro atoms. The lowest BCUT2D eigenvalue weighted by Gasteiger charge is -2.15. The van der Waals surface area contributed by atoms with Gasteiger partial charge in [0.05, 0.1) is 12.7 Å². The molecule has 1 amide bonds. The van der Waals surface area contributed by atoms with Crippen molar-refractivity contribution in [2.45, 2.75) is 5.92 Å². The van der Waals surface area contributed by atoms with Gasteiger partial charge < -0.3 is 9.47 Å². The minimum atomic E-state index is -0.671. The van der Waals surface area contributed by atoms with Crippen molar-refractivity contribution >= 4 is 24.0 Å². The fourth-order valence-corrected chi connectivity index (χ4v) is 3.78. The maximum Gasteiger partial charge on any atom is 0.411 e. The van der Waals surface area contributed by atoms with E-state index in [-0.39, 0.29) is 29.3 Å². The summed E-state index contributed by atoms with van der Waals surface area (Å²) in [5.41, 5.74) is 5.19. The van der Waals surface area contributed by atoms with Crippen LogP contribution in [0.5, 0.6) is 0 Å². The molecule has 150 valence electrons. The van der Waals surface area contributed by atoms with Gasteiger partial charge >= 0.3 is 12.1 Å². The van der Waals surface area contributed by atoms with Crippen molar-refractivity contribution in [2.75, 3.05) is 19.0 Å². The van der Waals surface area contributed by atoms with Gasteiger partial charge in [0.25, 0.3) is 0 Å². The highest BCUT2D eigenvalue weighted by Gasteiger charge is 2.29. The molecule has 0 saturated heterocycles. The molecule has 0 aliphatic heterocycles. The maximum atomic E-state index is 12.4. The lowest BCUT2D eigenvalue weighted by atomic mass is 9.98. The molecular formula is C24H19NO5. The van der Waals surface area contributed by atoms with Crippen LogP contribution in [-0.2, 0) is 9.47 Å². The lowest BCUT2D eigenvalue weighted by molar-refractivity contribution is 0.0600. The molecule has 1 N–H and O–H groups in total. The van der Waals surface area contributed by atoms with Gasteiger partial charge in [-0.15, -0.1) is 0 Å². The van der Waals surface area contributed by atoms with Gasteiger partial charge in [0.1, 0.15) is 12.9 Å². The molecule has 4 rings (SSSR count). The summed E-state index contributed by atoms with van der Waals surface area (Å²) in [6.45, 7) is 0.164. The van der Waals surface area contributed by atoms with Crippen LogP contribution >= 0.6 is 0 Å². The molecule has 0 heterocycles. The van der Waals surface area contributed by atoms with E-state index in [1.54, 1.807) is 0 Å². The van der Waals surface area contributed by atoms with Crippen LogP contribution in [0.3, 0.4) is 0 Å². The number of hydrogen-bond donors (Lipinski definition) is 1. The van der Waals surface area contributed by atoms with Crippen LogP contribution in [0.15, 0.2) is 66.7 Å². The van der Waals surface area contributed by atoms with Crippen LogP contribution in [0, 0.1) is 0 Å². The Morgan fingerprint density at radius 1 is 0.967 bits per heavy atom. The molecule has 1 aliphatic rings. The summed E-state index contributed by atoms with van der Waals surface area (Å²) in [4.78, 5) is 35.3. The molecule has 6 nitrogen and oxygen atoms in total. The zero-order chi connectivity index (χ0) is 21.1. The Hall–Kier alpha value is -3.93. The van der Waals surface area contributed by atoms with Crippen LogP contribution in [0.25, 0.3) is 11.1 Å². The normalized spacial score (nSPS) is 11.9. The van der Waals surface area contributed by atoms with Crippen molar-refractivity contribution in [2.24, 2.45) is 0 Å². The molecule has 0 bridgehead atoms. The van der Waals surface area contributed by atoms with Gasteiger partial charge in [0.2, 0.25) is 0 Å². The van der Waals surface area contributed by atoms with Crippen molar-refractivity contribution in [3.63, 3.8) is 0 Å². The number of fused-ring (bicyclic) bond motifs is 3. The summed E-state index contributed by atoms with van der Waals surface area (Å²) in [7, 11) is 1.24. The zero-order valence-corrected chi connectivity index (χ0v) is 16.3. The van der Waals surface area contributed by atoms with E-state index in [0.717, 1.165) is 22.3 Å². The van der Waals surface area contributed by atoms with Crippen LogP contribution in [0.2, 0.25) is 0 Å². The first-order valence-electron chi connectivity index (χ1n) is 9.41. The molecule has 0 radical (unpaired) electrons. The lowest BCUT2D eigenvalue weighted by Crippen LogP contribution is -2.18. The summed E-state index contributed by atoms with van der Waals surface area (Å²) in [5.74, 6) is -0.663. The number of aldehydes is 1. The zero-order valence-electron chi connectivity index (χ0n) is 16.3. The van der Waals surface area contributed by atoms with Crippen LogP contribution < -0.4 is 5.32 Å². The minimum Gasteiger partial charge on any atom is -0.465 e. The number of esters is 1. The van der Waals surface area contributed by atoms with E-state index >= 15 is 0 Å². The molecule has 3 aromatic carbocycles. The molecule has 0 fully saturated rings. The largest absolute Gasteiger partial charge is 0.465 e. The number of carbonyl (C=O) groups excluding carboxylic acids is 3. The predicted molar refractivity (Wildman–Crippen MR) is 112 cm³/mol. The second-order valence-electron chi connectivity index (χ2n) is 6.90. The molecule has 1 aliphatic carbocycles. The number of hydrogen-bond acceptors (Lipinski definition) is 5. The molecule has 0 atom stereocenters. The van der Waals surface area contributed by atoms with Gasteiger partial charge in [0, 0.05) is 17.2 Å². The van der Waals surface area contributed by atoms with Gasteiger partial charge in [-0.2, -0.15) is 0 Å². The van der Waals surface area contributed by atoms with E-state index in [1.165, 1.54) is 25.3 Å². The first kappa shape index (κ1) is 19.4. The van der Waals surface area contributed by atoms with E-state index in [0.29, 0.717) is 6.29 Å². The Bertz CT molecular complexity index is 1090. The predicted octanol–water partition coefficient (Wildman–Crippen LogP) is 4.65. The first-order chi connectivity index (χ1) is 14.6. The fraction of sp³-hybridized carbons (Fsp3) is 0.125.